The lowest BCUT2D eigenvalue weighted by Gasteiger charge is -2.13. The molecular formula is C10H10BrFO3. The molecule has 0 unspecified atom stereocenters. The maximum atomic E-state index is 13.8. The zero-order valence-corrected chi connectivity index (χ0v) is 9.71. The monoisotopic (exact) mass is 276 g/mol. The molecule has 1 saturated heterocycles. The number of ether oxygens (including phenoxy) is 3. The first-order valence-corrected chi connectivity index (χ1v) is 5.28. The van der Waals surface area contributed by atoms with Crippen LogP contribution in [0.2, 0.25) is 0 Å². The normalized spacial score (nSPS) is 17.0. The third kappa shape index (κ3) is 2.14. The van der Waals surface area contributed by atoms with Crippen molar-refractivity contribution in [3.63, 3.8) is 0 Å². The minimum Gasteiger partial charge on any atom is -0.494 e. The van der Waals surface area contributed by atoms with Gasteiger partial charge < -0.3 is 14.2 Å². The standard InChI is InChI=1S/C10H10BrFO3/c1-13-8-5-6(11)4-7(9(8)12)10-14-2-3-15-10/h4-5,10H,2-3H2,1H3. The van der Waals surface area contributed by atoms with E-state index in [0.29, 0.717) is 18.8 Å². The van der Waals surface area contributed by atoms with Gasteiger partial charge in [0.1, 0.15) is 0 Å². The van der Waals surface area contributed by atoms with Crippen molar-refractivity contribution >= 4 is 15.9 Å². The molecular weight excluding hydrogens is 267 g/mol. The highest BCUT2D eigenvalue weighted by molar-refractivity contribution is 9.10. The van der Waals surface area contributed by atoms with Gasteiger partial charge in [0.05, 0.1) is 20.3 Å². The van der Waals surface area contributed by atoms with E-state index in [1.165, 1.54) is 7.11 Å². The molecule has 1 aromatic carbocycles. The molecule has 3 nitrogen and oxygen atoms in total. The van der Waals surface area contributed by atoms with Crippen molar-refractivity contribution in [1.29, 1.82) is 0 Å². The topological polar surface area (TPSA) is 27.7 Å². The maximum absolute atomic E-state index is 13.8. The Bertz CT molecular complexity index is 364. The van der Waals surface area contributed by atoms with Crippen molar-refractivity contribution in [3.05, 3.63) is 28.0 Å². The third-order valence-electron chi connectivity index (χ3n) is 2.13. The van der Waals surface area contributed by atoms with Gasteiger partial charge in [0, 0.05) is 10.0 Å². The van der Waals surface area contributed by atoms with Gasteiger partial charge in [-0.15, -0.1) is 0 Å². The SMILES string of the molecule is COc1cc(Br)cc(C2OCCO2)c1F. The van der Waals surface area contributed by atoms with Gasteiger partial charge in [-0.3, -0.25) is 0 Å². The largest absolute Gasteiger partial charge is 0.494 e. The number of halogens is 2. The van der Waals surface area contributed by atoms with Crippen LogP contribution < -0.4 is 4.74 Å². The molecule has 1 aromatic rings. The Kier molecular flexibility index (Phi) is 3.23. The highest BCUT2D eigenvalue weighted by atomic mass is 79.9. The Labute approximate surface area is 95.3 Å². The first-order chi connectivity index (χ1) is 7.22. The first-order valence-electron chi connectivity index (χ1n) is 4.48. The van der Waals surface area contributed by atoms with Crippen LogP contribution in [0, 0.1) is 5.82 Å². The average molecular weight is 277 g/mol. The van der Waals surface area contributed by atoms with Crippen molar-refractivity contribution in [1.82, 2.24) is 0 Å². The summed E-state index contributed by atoms with van der Waals surface area (Å²) in [5, 5.41) is 0. The summed E-state index contributed by atoms with van der Waals surface area (Å²) in [4.78, 5) is 0. The van der Waals surface area contributed by atoms with Crippen LogP contribution in [-0.2, 0) is 9.47 Å². The molecule has 0 radical (unpaired) electrons. The highest BCUT2D eigenvalue weighted by Gasteiger charge is 2.24. The van der Waals surface area contributed by atoms with Gasteiger partial charge in [-0.05, 0) is 12.1 Å². The molecule has 1 aliphatic heterocycles. The molecule has 1 fully saturated rings. The zero-order chi connectivity index (χ0) is 10.8. The minimum absolute atomic E-state index is 0.179. The van der Waals surface area contributed by atoms with Crippen LogP contribution in [-0.4, -0.2) is 20.3 Å². The minimum atomic E-state index is -0.628. The summed E-state index contributed by atoms with van der Waals surface area (Å²) < 4.78 is 29.9. The van der Waals surface area contributed by atoms with Crippen LogP contribution in [0.3, 0.4) is 0 Å². The number of methoxy groups -OCH3 is 1. The summed E-state index contributed by atoms with van der Waals surface area (Å²) in [6.45, 7) is 0.970. The lowest BCUT2D eigenvalue weighted by atomic mass is 10.2. The predicted octanol–water partition coefficient (Wildman–Crippen LogP) is 2.64. The van der Waals surface area contributed by atoms with E-state index >= 15 is 0 Å². The van der Waals surface area contributed by atoms with Gasteiger partial charge in [0.15, 0.2) is 17.9 Å². The maximum Gasteiger partial charge on any atom is 0.187 e. The van der Waals surface area contributed by atoms with Crippen molar-refractivity contribution in [2.75, 3.05) is 20.3 Å². The van der Waals surface area contributed by atoms with Gasteiger partial charge in [-0.2, -0.15) is 0 Å². The molecule has 1 aliphatic rings. The molecule has 0 bridgehead atoms. The van der Waals surface area contributed by atoms with E-state index in [9.17, 15) is 4.39 Å². The Balaban J connectivity index is 2.40. The molecule has 1 heterocycles. The molecule has 0 amide bonds. The molecule has 0 aromatic heterocycles. The van der Waals surface area contributed by atoms with E-state index in [0.717, 1.165) is 4.47 Å². The molecule has 5 heteroatoms. The van der Waals surface area contributed by atoms with Crippen LogP contribution in [0.4, 0.5) is 4.39 Å². The second kappa shape index (κ2) is 4.47. The van der Waals surface area contributed by atoms with E-state index in [4.69, 9.17) is 14.2 Å². The molecule has 0 aliphatic carbocycles. The second-order valence-electron chi connectivity index (χ2n) is 3.08. The van der Waals surface area contributed by atoms with Crippen molar-refractivity contribution in [2.45, 2.75) is 6.29 Å². The van der Waals surface area contributed by atoms with Crippen LogP contribution in [0.1, 0.15) is 11.9 Å². The van der Waals surface area contributed by atoms with E-state index in [-0.39, 0.29) is 5.75 Å². The summed E-state index contributed by atoms with van der Waals surface area (Å²) in [6.07, 6.45) is -0.628. The fourth-order valence-electron chi connectivity index (χ4n) is 1.44. The number of hydrogen-bond donors (Lipinski definition) is 0. The second-order valence-corrected chi connectivity index (χ2v) is 4.00. The zero-order valence-electron chi connectivity index (χ0n) is 8.13. The Morgan fingerprint density at radius 1 is 1.40 bits per heavy atom. The van der Waals surface area contributed by atoms with Crippen LogP contribution >= 0.6 is 15.9 Å². The number of rotatable bonds is 2. The van der Waals surface area contributed by atoms with E-state index in [1.807, 2.05) is 0 Å². The Morgan fingerprint density at radius 3 is 2.67 bits per heavy atom. The fourth-order valence-corrected chi connectivity index (χ4v) is 1.90. The number of benzene rings is 1. The average Bonchev–Trinajstić information content (AvgIpc) is 2.74. The van der Waals surface area contributed by atoms with Crippen molar-refractivity contribution < 1.29 is 18.6 Å². The lowest BCUT2D eigenvalue weighted by Crippen LogP contribution is -2.03. The summed E-state index contributed by atoms with van der Waals surface area (Å²) in [6, 6.07) is 3.20. The van der Waals surface area contributed by atoms with Gasteiger partial charge in [-0.1, -0.05) is 15.9 Å². The van der Waals surface area contributed by atoms with Gasteiger partial charge >= 0.3 is 0 Å². The van der Waals surface area contributed by atoms with Crippen LogP contribution in [0.5, 0.6) is 5.75 Å². The lowest BCUT2D eigenvalue weighted by molar-refractivity contribution is -0.0467. The third-order valence-corrected chi connectivity index (χ3v) is 2.59. The van der Waals surface area contributed by atoms with Gasteiger partial charge in [-0.25, -0.2) is 4.39 Å². The first kappa shape index (κ1) is 10.9. The van der Waals surface area contributed by atoms with Gasteiger partial charge in [0.2, 0.25) is 0 Å². The van der Waals surface area contributed by atoms with Crippen molar-refractivity contribution in [3.8, 4) is 5.75 Å². The molecule has 0 N–H and O–H groups in total. The number of hydrogen-bond acceptors (Lipinski definition) is 3. The summed E-state index contributed by atoms with van der Waals surface area (Å²) in [7, 11) is 1.42. The fraction of sp³-hybridized carbons (Fsp3) is 0.400. The Morgan fingerprint density at radius 2 is 2.07 bits per heavy atom. The summed E-state index contributed by atoms with van der Waals surface area (Å²) >= 11 is 3.28. The van der Waals surface area contributed by atoms with E-state index in [1.54, 1.807) is 12.1 Å². The molecule has 0 spiro atoms. The van der Waals surface area contributed by atoms with Gasteiger partial charge in [0.25, 0.3) is 0 Å². The van der Waals surface area contributed by atoms with Crippen LogP contribution in [0.15, 0.2) is 16.6 Å². The van der Waals surface area contributed by atoms with Crippen LogP contribution in [0.25, 0.3) is 0 Å². The quantitative estimate of drug-likeness (QED) is 0.831. The molecule has 0 atom stereocenters. The summed E-state index contributed by atoms with van der Waals surface area (Å²) in [5.74, 6) is -0.258. The van der Waals surface area contributed by atoms with E-state index < -0.39 is 12.1 Å². The molecule has 15 heavy (non-hydrogen) atoms. The molecule has 0 saturated carbocycles. The van der Waals surface area contributed by atoms with E-state index in [2.05, 4.69) is 15.9 Å². The Hall–Kier alpha value is -0.650. The smallest absolute Gasteiger partial charge is 0.187 e. The molecule has 2 rings (SSSR count). The predicted molar refractivity (Wildman–Crippen MR) is 55.3 cm³/mol. The highest BCUT2D eigenvalue weighted by Crippen LogP contribution is 2.33. The molecule has 82 valence electrons. The summed E-state index contributed by atoms with van der Waals surface area (Å²) in [5.41, 5.74) is 0.360. The van der Waals surface area contributed by atoms with Crippen molar-refractivity contribution in [2.24, 2.45) is 0 Å².